The number of aliphatic hydroxyl groups excluding tert-OH is 2. The summed E-state index contributed by atoms with van der Waals surface area (Å²) in [7, 11) is 0. The molecule has 0 amide bonds. The van der Waals surface area contributed by atoms with Gasteiger partial charge in [-0.05, 0) is 18.8 Å². The van der Waals surface area contributed by atoms with Crippen LogP contribution in [0.15, 0.2) is 0 Å². The van der Waals surface area contributed by atoms with Crippen molar-refractivity contribution < 1.29 is 29.2 Å². The van der Waals surface area contributed by atoms with Gasteiger partial charge in [-0.15, -0.1) is 0 Å². The van der Waals surface area contributed by atoms with Gasteiger partial charge in [-0.3, -0.25) is 0 Å². The van der Waals surface area contributed by atoms with E-state index < -0.39 is 12.1 Å². The highest BCUT2D eigenvalue weighted by Crippen LogP contribution is 2.49. The minimum Gasteiger partial charge on any atom is -0.396 e. The Hall–Kier alpha value is -0.240. The molecule has 3 aliphatic heterocycles. The molecule has 2 N–H and O–H groups in total. The van der Waals surface area contributed by atoms with Crippen molar-refractivity contribution in [3.8, 4) is 0 Å². The van der Waals surface area contributed by atoms with E-state index in [0.717, 1.165) is 0 Å². The van der Waals surface area contributed by atoms with E-state index in [0.29, 0.717) is 32.7 Å². The first-order chi connectivity index (χ1) is 8.81. The van der Waals surface area contributed by atoms with E-state index in [4.69, 9.17) is 18.9 Å². The molecule has 3 saturated heterocycles. The Kier molecular flexibility index (Phi) is 3.57. The number of rotatable bonds is 4. The Bertz CT molecular complexity index is 290. The van der Waals surface area contributed by atoms with Crippen molar-refractivity contribution in [2.75, 3.05) is 33.0 Å². The van der Waals surface area contributed by atoms with E-state index in [1.807, 2.05) is 0 Å². The van der Waals surface area contributed by atoms with Crippen molar-refractivity contribution in [1.82, 2.24) is 0 Å². The van der Waals surface area contributed by atoms with Gasteiger partial charge in [0, 0.05) is 19.1 Å². The summed E-state index contributed by atoms with van der Waals surface area (Å²) in [5.41, 5.74) is 0. The minimum absolute atomic E-state index is 0.00315. The molecule has 3 fully saturated rings. The van der Waals surface area contributed by atoms with Gasteiger partial charge in [0.25, 0.3) is 0 Å². The zero-order chi connectivity index (χ0) is 12.6. The Morgan fingerprint density at radius 1 is 1.06 bits per heavy atom. The lowest BCUT2D eigenvalue weighted by atomic mass is 9.76. The molecule has 3 heterocycles. The van der Waals surface area contributed by atoms with Gasteiger partial charge < -0.3 is 29.2 Å². The van der Waals surface area contributed by atoms with Crippen LogP contribution in [0.3, 0.4) is 0 Å². The van der Waals surface area contributed by atoms with E-state index >= 15 is 0 Å². The molecule has 0 saturated carbocycles. The SMILES string of the molecule is OCC[C@H]1[C@@H](CCO)C2(OCCO2)[C@@H]2OC[C@H]1O2. The largest absolute Gasteiger partial charge is 0.396 e. The summed E-state index contributed by atoms with van der Waals surface area (Å²) in [6, 6.07) is 0. The van der Waals surface area contributed by atoms with Gasteiger partial charge in [0.15, 0.2) is 0 Å². The molecular formula is C12H20O6. The summed E-state index contributed by atoms with van der Waals surface area (Å²) in [6.07, 6.45) is 0.651. The van der Waals surface area contributed by atoms with Gasteiger partial charge in [-0.25, -0.2) is 0 Å². The van der Waals surface area contributed by atoms with Crippen LogP contribution in [0.1, 0.15) is 12.8 Å². The van der Waals surface area contributed by atoms with Crippen LogP contribution in [0.5, 0.6) is 0 Å². The molecule has 0 aromatic carbocycles. The first-order valence-electron chi connectivity index (χ1n) is 6.58. The van der Waals surface area contributed by atoms with Crippen molar-refractivity contribution in [1.29, 1.82) is 0 Å². The highest BCUT2D eigenvalue weighted by Gasteiger charge is 2.62. The van der Waals surface area contributed by atoms with Crippen LogP contribution >= 0.6 is 0 Å². The van der Waals surface area contributed by atoms with Gasteiger partial charge in [0.1, 0.15) is 0 Å². The highest BCUT2D eigenvalue weighted by atomic mass is 16.8. The second kappa shape index (κ2) is 5.03. The van der Waals surface area contributed by atoms with Gasteiger partial charge in [0.05, 0.1) is 25.9 Å². The quantitative estimate of drug-likeness (QED) is 0.708. The fourth-order valence-electron chi connectivity index (χ4n) is 3.47. The zero-order valence-corrected chi connectivity index (χ0v) is 10.3. The summed E-state index contributed by atoms with van der Waals surface area (Å²) in [5, 5.41) is 18.5. The van der Waals surface area contributed by atoms with Crippen LogP contribution in [-0.2, 0) is 18.9 Å². The molecule has 18 heavy (non-hydrogen) atoms. The molecule has 0 aromatic rings. The maximum Gasteiger partial charge on any atom is 0.224 e. The number of aliphatic hydroxyl groups is 2. The van der Waals surface area contributed by atoms with E-state index in [2.05, 4.69) is 0 Å². The number of hydrogen-bond donors (Lipinski definition) is 2. The van der Waals surface area contributed by atoms with Gasteiger partial charge >= 0.3 is 0 Å². The minimum atomic E-state index is -0.893. The predicted molar refractivity (Wildman–Crippen MR) is 59.6 cm³/mol. The molecule has 0 aliphatic carbocycles. The maximum absolute atomic E-state index is 9.29. The Labute approximate surface area is 106 Å². The van der Waals surface area contributed by atoms with Crippen LogP contribution in [0.25, 0.3) is 0 Å². The Balaban J connectivity index is 1.89. The first kappa shape index (κ1) is 12.8. The third-order valence-electron chi connectivity index (χ3n) is 4.19. The lowest BCUT2D eigenvalue weighted by molar-refractivity contribution is -0.342. The van der Waals surface area contributed by atoms with Crippen molar-refractivity contribution >= 4 is 0 Å². The fourth-order valence-corrected chi connectivity index (χ4v) is 3.47. The van der Waals surface area contributed by atoms with Gasteiger partial charge in [-0.1, -0.05) is 0 Å². The van der Waals surface area contributed by atoms with Gasteiger partial charge in [-0.2, -0.15) is 0 Å². The molecule has 2 bridgehead atoms. The summed E-state index contributed by atoms with van der Waals surface area (Å²) in [5.74, 6) is -0.794. The van der Waals surface area contributed by atoms with E-state index in [1.54, 1.807) is 0 Å². The lowest BCUT2D eigenvalue weighted by Crippen LogP contribution is -2.58. The number of hydrogen-bond acceptors (Lipinski definition) is 6. The monoisotopic (exact) mass is 260 g/mol. The number of ether oxygens (including phenoxy) is 4. The zero-order valence-electron chi connectivity index (χ0n) is 10.3. The van der Waals surface area contributed by atoms with Crippen LogP contribution in [-0.4, -0.2) is 61.4 Å². The molecule has 6 heteroatoms. The van der Waals surface area contributed by atoms with Crippen LogP contribution < -0.4 is 0 Å². The van der Waals surface area contributed by atoms with Gasteiger partial charge in [0.2, 0.25) is 12.1 Å². The summed E-state index contributed by atoms with van der Waals surface area (Å²) >= 11 is 0. The van der Waals surface area contributed by atoms with E-state index in [9.17, 15) is 10.2 Å². The summed E-state index contributed by atoms with van der Waals surface area (Å²) in [6.45, 7) is 1.70. The standard InChI is InChI=1S/C12H20O6/c13-3-1-8-9(2-4-14)12(16-5-6-17-12)11-15-7-10(8)18-11/h8-11,13-14H,1-7H2/t8-,9+,10+,11+/m0/s1. The molecule has 0 aromatic heterocycles. The Morgan fingerprint density at radius 2 is 1.78 bits per heavy atom. The third kappa shape index (κ3) is 1.79. The smallest absolute Gasteiger partial charge is 0.224 e. The topological polar surface area (TPSA) is 77.4 Å². The molecular weight excluding hydrogens is 240 g/mol. The molecule has 1 spiro atoms. The predicted octanol–water partition coefficient (Wildman–Crippen LogP) is -0.518. The van der Waals surface area contributed by atoms with Crippen molar-refractivity contribution in [2.24, 2.45) is 11.8 Å². The lowest BCUT2D eigenvalue weighted by Gasteiger charge is -2.46. The highest BCUT2D eigenvalue weighted by molar-refractivity contribution is 5.00. The number of fused-ring (bicyclic) bond motifs is 3. The van der Waals surface area contributed by atoms with Crippen LogP contribution in [0.4, 0.5) is 0 Å². The summed E-state index contributed by atoms with van der Waals surface area (Å²) < 4.78 is 23.0. The molecule has 6 nitrogen and oxygen atoms in total. The average Bonchev–Trinajstić information content (AvgIpc) is 2.99. The van der Waals surface area contributed by atoms with E-state index in [1.165, 1.54) is 0 Å². The molecule has 104 valence electrons. The molecule has 3 rings (SSSR count). The van der Waals surface area contributed by atoms with Crippen LogP contribution in [0, 0.1) is 11.8 Å². The molecule has 0 unspecified atom stereocenters. The fraction of sp³-hybridized carbons (Fsp3) is 1.00. The van der Waals surface area contributed by atoms with Crippen molar-refractivity contribution in [3.05, 3.63) is 0 Å². The second-order valence-electron chi connectivity index (χ2n) is 5.05. The Morgan fingerprint density at radius 3 is 2.44 bits per heavy atom. The molecule has 4 atom stereocenters. The molecule has 0 radical (unpaired) electrons. The van der Waals surface area contributed by atoms with Crippen LogP contribution in [0.2, 0.25) is 0 Å². The second-order valence-corrected chi connectivity index (χ2v) is 5.05. The van der Waals surface area contributed by atoms with Crippen molar-refractivity contribution in [2.45, 2.75) is 31.0 Å². The first-order valence-corrected chi connectivity index (χ1v) is 6.58. The third-order valence-corrected chi connectivity index (χ3v) is 4.19. The molecule has 3 aliphatic rings. The average molecular weight is 260 g/mol. The van der Waals surface area contributed by atoms with Crippen molar-refractivity contribution in [3.63, 3.8) is 0 Å². The maximum atomic E-state index is 9.29. The normalized spacial score (nSPS) is 41.7. The van der Waals surface area contributed by atoms with E-state index in [-0.39, 0.29) is 31.2 Å². The summed E-state index contributed by atoms with van der Waals surface area (Å²) in [4.78, 5) is 0.